The van der Waals surface area contributed by atoms with Gasteiger partial charge in [-0.2, -0.15) is 16.7 Å². The van der Waals surface area contributed by atoms with Crippen LogP contribution in [0.5, 0.6) is 5.88 Å². The van der Waals surface area contributed by atoms with E-state index in [2.05, 4.69) is 20.5 Å². The Kier molecular flexibility index (Phi) is 7.80. The first-order chi connectivity index (χ1) is 12.5. The number of rotatable bonds is 10. The molecule has 0 fully saturated rings. The first-order valence-electron chi connectivity index (χ1n) is 8.34. The molecule has 0 aliphatic carbocycles. The van der Waals surface area contributed by atoms with Gasteiger partial charge in [0.2, 0.25) is 11.8 Å². The number of thioether (sulfide) groups is 1. The van der Waals surface area contributed by atoms with E-state index in [9.17, 15) is 4.79 Å². The molecule has 142 valence electrons. The fourth-order valence-electron chi connectivity index (χ4n) is 2.29. The highest BCUT2D eigenvalue weighted by molar-refractivity contribution is 7.98. The highest BCUT2D eigenvalue weighted by Crippen LogP contribution is 2.23. The largest absolute Gasteiger partial charge is 0.481 e. The first kappa shape index (κ1) is 20.1. The number of nitrogens with zero attached hydrogens (tertiary/aromatic N) is 2. The molecule has 0 aromatic carbocycles. The van der Waals surface area contributed by atoms with E-state index in [4.69, 9.17) is 9.15 Å². The zero-order valence-electron chi connectivity index (χ0n) is 15.7. The van der Waals surface area contributed by atoms with E-state index in [1.807, 2.05) is 26.2 Å². The van der Waals surface area contributed by atoms with Crippen LogP contribution in [0.2, 0.25) is 0 Å². The van der Waals surface area contributed by atoms with Gasteiger partial charge < -0.3 is 24.7 Å². The summed E-state index contributed by atoms with van der Waals surface area (Å²) in [5.41, 5.74) is 0.641. The molecule has 0 bridgehead atoms. The van der Waals surface area contributed by atoms with Crippen LogP contribution in [-0.4, -0.2) is 49.3 Å². The molecular weight excluding hydrogens is 352 g/mol. The van der Waals surface area contributed by atoms with E-state index < -0.39 is 0 Å². The van der Waals surface area contributed by atoms with Crippen LogP contribution in [-0.2, 0) is 17.1 Å². The van der Waals surface area contributed by atoms with Crippen LogP contribution in [0.25, 0.3) is 0 Å². The van der Waals surface area contributed by atoms with Crippen molar-refractivity contribution in [1.82, 2.24) is 9.88 Å². The molecule has 0 spiro atoms. The summed E-state index contributed by atoms with van der Waals surface area (Å²) in [5.74, 6) is 4.61. The van der Waals surface area contributed by atoms with Gasteiger partial charge >= 0.3 is 0 Å². The molecule has 0 saturated heterocycles. The maximum Gasteiger partial charge on any atom is 0.221 e. The maximum atomic E-state index is 11.3. The number of methoxy groups -OCH3 is 1. The minimum absolute atomic E-state index is 0.138. The van der Waals surface area contributed by atoms with Crippen molar-refractivity contribution in [2.24, 2.45) is 0 Å². The molecule has 7 nitrogen and oxygen atoms in total. The molecule has 8 heteroatoms. The van der Waals surface area contributed by atoms with E-state index >= 15 is 0 Å². The second-order valence-electron chi connectivity index (χ2n) is 6.02. The van der Waals surface area contributed by atoms with E-state index in [0.717, 1.165) is 29.6 Å². The van der Waals surface area contributed by atoms with Crippen molar-refractivity contribution in [3.63, 3.8) is 0 Å². The highest BCUT2D eigenvalue weighted by Gasteiger charge is 2.08. The quantitative estimate of drug-likeness (QED) is 0.615. The van der Waals surface area contributed by atoms with Gasteiger partial charge in [-0.25, -0.2) is 0 Å². The second-order valence-corrected chi connectivity index (χ2v) is 7.12. The van der Waals surface area contributed by atoms with Gasteiger partial charge in [-0.1, -0.05) is 0 Å². The van der Waals surface area contributed by atoms with E-state index in [1.165, 1.54) is 6.92 Å². The summed E-state index contributed by atoms with van der Waals surface area (Å²) >= 11 is 1.77. The molecule has 0 aliphatic heterocycles. The van der Waals surface area contributed by atoms with Crippen molar-refractivity contribution < 1.29 is 13.9 Å². The molecule has 0 atom stereocenters. The molecule has 2 aromatic heterocycles. The summed E-state index contributed by atoms with van der Waals surface area (Å²) in [6.45, 7) is 2.99. The lowest BCUT2D eigenvalue weighted by Crippen LogP contribution is -2.12. The van der Waals surface area contributed by atoms with Crippen LogP contribution in [0, 0.1) is 0 Å². The monoisotopic (exact) mass is 378 g/mol. The first-order valence-corrected chi connectivity index (χ1v) is 9.50. The van der Waals surface area contributed by atoms with Gasteiger partial charge in [0.05, 0.1) is 25.1 Å². The minimum Gasteiger partial charge on any atom is -0.481 e. The Morgan fingerprint density at radius 3 is 2.73 bits per heavy atom. The predicted octanol–water partition coefficient (Wildman–Crippen LogP) is 3.05. The number of carbonyl (C=O) groups excluding carboxylic acids is 1. The van der Waals surface area contributed by atoms with Crippen molar-refractivity contribution in [2.75, 3.05) is 44.1 Å². The molecule has 0 aliphatic rings. The van der Waals surface area contributed by atoms with Crippen molar-refractivity contribution in [1.29, 1.82) is 0 Å². The van der Waals surface area contributed by atoms with Crippen molar-refractivity contribution in [2.45, 2.75) is 19.2 Å². The van der Waals surface area contributed by atoms with Crippen LogP contribution in [0.1, 0.15) is 18.4 Å². The molecule has 2 heterocycles. The summed E-state index contributed by atoms with van der Waals surface area (Å²) < 4.78 is 10.9. The third kappa shape index (κ3) is 6.61. The normalized spacial score (nSPS) is 10.8. The predicted molar refractivity (Wildman–Crippen MR) is 106 cm³/mol. The fraction of sp³-hybridized carbons (Fsp3) is 0.444. The SMILES string of the molecule is COc1ccc(NC(C)=O)c(NCCSCc2ccc(CN(C)C)o2)n1. The van der Waals surface area contributed by atoms with Gasteiger partial charge in [-0.15, -0.1) is 0 Å². The van der Waals surface area contributed by atoms with E-state index in [0.29, 0.717) is 23.9 Å². The summed E-state index contributed by atoms with van der Waals surface area (Å²) in [5, 5.41) is 6.01. The lowest BCUT2D eigenvalue weighted by Gasteiger charge is -2.12. The third-order valence-corrected chi connectivity index (χ3v) is 4.34. The number of carbonyl (C=O) groups is 1. The van der Waals surface area contributed by atoms with Crippen molar-refractivity contribution in [3.8, 4) is 5.88 Å². The Morgan fingerprint density at radius 2 is 2.04 bits per heavy atom. The Morgan fingerprint density at radius 1 is 1.27 bits per heavy atom. The number of pyridine rings is 1. The Labute approximate surface area is 158 Å². The number of furan rings is 1. The Hall–Kier alpha value is -2.19. The van der Waals surface area contributed by atoms with Crippen LogP contribution in [0.4, 0.5) is 11.5 Å². The number of amides is 1. The maximum absolute atomic E-state index is 11.3. The summed E-state index contributed by atoms with van der Waals surface area (Å²) in [4.78, 5) is 17.7. The number of hydrogen-bond acceptors (Lipinski definition) is 7. The van der Waals surface area contributed by atoms with Crippen molar-refractivity contribution in [3.05, 3.63) is 35.8 Å². The zero-order chi connectivity index (χ0) is 18.9. The van der Waals surface area contributed by atoms with Crippen LogP contribution < -0.4 is 15.4 Å². The van der Waals surface area contributed by atoms with Crippen LogP contribution in [0.3, 0.4) is 0 Å². The van der Waals surface area contributed by atoms with Gasteiger partial charge in [0.25, 0.3) is 0 Å². The molecule has 0 saturated carbocycles. The average molecular weight is 378 g/mol. The molecule has 0 radical (unpaired) electrons. The number of anilines is 2. The summed E-state index contributed by atoms with van der Waals surface area (Å²) in [7, 11) is 5.60. The molecule has 0 unspecified atom stereocenters. The van der Waals surface area contributed by atoms with Gasteiger partial charge in [0, 0.05) is 25.3 Å². The molecule has 1 amide bonds. The van der Waals surface area contributed by atoms with Gasteiger partial charge in [-0.3, -0.25) is 4.79 Å². The Balaban J connectivity index is 1.80. The topological polar surface area (TPSA) is 79.6 Å². The lowest BCUT2D eigenvalue weighted by atomic mass is 10.3. The molecular formula is C18H26N4O3S. The summed E-state index contributed by atoms with van der Waals surface area (Å²) in [6.07, 6.45) is 0. The molecule has 2 N–H and O–H groups in total. The second kappa shape index (κ2) is 10.1. The van der Waals surface area contributed by atoms with Gasteiger partial charge in [0.15, 0.2) is 5.82 Å². The fourth-order valence-corrected chi connectivity index (χ4v) is 3.04. The number of hydrogen-bond donors (Lipinski definition) is 2. The average Bonchev–Trinajstić information content (AvgIpc) is 3.02. The number of nitrogens with one attached hydrogen (secondary N) is 2. The zero-order valence-corrected chi connectivity index (χ0v) is 16.5. The summed E-state index contributed by atoms with van der Waals surface area (Å²) in [6, 6.07) is 7.54. The molecule has 2 aromatic rings. The smallest absolute Gasteiger partial charge is 0.221 e. The van der Waals surface area contributed by atoms with Crippen LogP contribution >= 0.6 is 11.8 Å². The standard InChI is InChI=1S/C18H26N4O3S/c1-13(23)20-16-7-8-17(24-4)21-18(16)19-9-10-26-12-15-6-5-14(25-15)11-22(2)3/h5-8H,9-12H2,1-4H3,(H,19,21)(H,20,23). The lowest BCUT2D eigenvalue weighted by molar-refractivity contribution is -0.114. The number of ether oxygens (including phenoxy) is 1. The van der Waals surface area contributed by atoms with E-state index in [1.54, 1.807) is 31.0 Å². The van der Waals surface area contributed by atoms with Gasteiger partial charge in [-0.05, 0) is 32.3 Å². The van der Waals surface area contributed by atoms with E-state index in [-0.39, 0.29) is 5.91 Å². The molecule has 26 heavy (non-hydrogen) atoms. The third-order valence-electron chi connectivity index (χ3n) is 3.36. The van der Waals surface area contributed by atoms with Crippen molar-refractivity contribution >= 4 is 29.2 Å². The molecule has 2 rings (SSSR count). The highest BCUT2D eigenvalue weighted by atomic mass is 32.2. The number of aromatic nitrogens is 1. The van der Waals surface area contributed by atoms with Crippen LogP contribution in [0.15, 0.2) is 28.7 Å². The Bertz CT molecular complexity index is 718. The van der Waals surface area contributed by atoms with Gasteiger partial charge in [0.1, 0.15) is 11.5 Å². The minimum atomic E-state index is -0.138.